The summed E-state index contributed by atoms with van der Waals surface area (Å²) < 4.78 is 0. The highest BCUT2D eigenvalue weighted by Crippen LogP contribution is 2.31. The quantitative estimate of drug-likeness (QED) is 0.613. The van der Waals surface area contributed by atoms with Gasteiger partial charge in [-0.25, -0.2) is 0 Å². The molecule has 1 fully saturated rings. The highest BCUT2D eigenvalue weighted by Gasteiger charge is 2.27. The minimum atomic E-state index is 0.241. The Hall–Kier alpha value is -0.0400. The third-order valence-corrected chi connectivity index (χ3v) is 3.63. The third-order valence-electron chi connectivity index (χ3n) is 3.63. The first kappa shape index (κ1) is 12.0. The lowest BCUT2D eigenvalue weighted by Gasteiger charge is -2.23. The summed E-state index contributed by atoms with van der Waals surface area (Å²) in [6.07, 6.45) is 14.9. The van der Waals surface area contributed by atoms with Crippen LogP contribution >= 0.6 is 0 Å². The maximum atomic E-state index is 6.30. The van der Waals surface area contributed by atoms with Gasteiger partial charge in [-0.15, -0.1) is 0 Å². The van der Waals surface area contributed by atoms with Crippen LogP contribution in [0.25, 0.3) is 0 Å². The van der Waals surface area contributed by atoms with Gasteiger partial charge in [-0.05, 0) is 19.3 Å². The number of hydrogen-bond donors (Lipinski definition) is 1. The molecular weight excluding hydrogens is 170 g/mol. The molecule has 1 rings (SSSR count). The van der Waals surface area contributed by atoms with E-state index in [0.29, 0.717) is 0 Å². The van der Waals surface area contributed by atoms with Crippen molar-refractivity contribution in [2.75, 3.05) is 0 Å². The first-order valence-corrected chi connectivity index (χ1v) is 6.56. The SMILES string of the molecule is CCCCCCCCC1(N)CCCC1. The summed E-state index contributed by atoms with van der Waals surface area (Å²) >= 11 is 0. The number of rotatable bonds is 7. The lowest BCUT2D eigenvalue weighted by atomic mass is 9.91. The van der Waals surface area contributed by atoms with Gasteiger partial charge < -0.3 is 5.73 Å². The Labute approximate surface area is 89.5 Å². The van der Waals surface area contributed by atoms with Gasteiger partial charge in [0, 0.05) is 5.54 Å². The molecule has 0 aromatic heterocycles. The summed E-state index contributed by atoms with van der Waals surface area (Å²) in [5, 5.41) is 0. The van der Waals surface area contributed by atoms with Crippen molar-refractivity contribution in [3.05, 3.63) is 0 Å². The van der Waals surface area contributed by atoms with Gasteiger partial charge >= 0.3 is 0 Å². The van der Waals surface area contributed by atoms with Crippen molar-refractivity contribution < 1.29 is 0 Å². The summed E-state index contributed by atoms with van der Waals surface area (Å²) in [7, 11) is 0. The fraction of sp³-hybridized carbons (Fsp3) is 1.00. The molecule has 0 aromatic rings. The monoisotopic (exact) mass is 197 g/mol. The first-order chi connectivity index (χ1) is 6.77. The predicted molar refractivity (Wildman–Crippen MR) is 63.4 cm³/mol. The zero-order valence-corrected chi connectivity index (χ0v) is 9.86. The van der Waals surface area contributed by atoms with E-state index in [4.69, 9.17) is 5.73 Å². The van der Waals surface area contributed by atoms with E-state index in [0.717, 1.165) is 0 Å². The molecule has 1 aliphatic rings. The van der Waals surface area contributed by atoms with Gasteiger partial charge in [-0.2, -0.15) is 0 Å². The van der Waals surface area contributed by atoms with Crippen molar-refractivity contribution in [1.29, 1.82) is 0 Å². The smallest absolute Gasteiger partial charge is 0.0154 e. The molecule has 1 nitrogen and oxygen atoms in total. The third kappa shape index (κ3) is 4.45. The average Bonchev–Trinajstić information content (AvgIpc) is 2.59. The van der Waals surface area contributed by atoms with Gasteiger partial charge in [0.25, 0.3) is 0 Å². The van der Waals surface area contributed by atoms with Crippen molar-refractivity contribution >= 4 is 0 Å². The molecular formula is C13H27N. The Morgan fingerprint density at radius 3 is 2.14 bits per heavy atom. The van der Waals surface area contributed by atoms with Gasteiger partial charge in [0.2, 0.25) is 0 Å². The van der Waals surface area contributed by atoms with Gasteiger partial charge in [-0.1, -0.05) is 58.3 Å². The lowest BCUT2D eigenvalue weighted by Crippen LogP contribution is -2.35. The highest BCUT2D eigenvalue weighted by molar-refractivity contribution is 4.88. The van der Waals surface area contributed by atoms with Crippen LogP contribution < -0.4 is 5.73 Å². The van der Waals surface area contributed by atoms with E-state index in [1.54, 1.807) is 0 Å². The van der Waals surface area contributed by atoms with Crippen LogP contribution in [0.1, 0.15) is 77.6 Å². The molecule has 0 unspecified atom stereocenters. The molecule has 0 radical (unpaired) electrons. The normalized spacial score (nSPS) is 20.1. The maximum Gasteiger partial charge on any atom is 0.0154 e. The number of nitrogens with two attached hydrogens (primary N) is 1. The Balaban J connectivity index is 1.92. The fourth-order valence-corrected chi connectivity index (χ4v) is 2.59. The standard InChI is InChI=1S/C13H27N/c1-2-3-4-5-6-7-10-13(14)11-8-9-12-13/h2-12,14H2,1H3. The number of hydrogen-bond acceptors (Lipinski definition) is 1. The van der Waals surface area contributed by atoms with Crippen LogP contribution in [0.5, 0.6) is 0 Å². The minimum Gasteiger partial charge on any atom is -0.325 e. The molecule has 0 aromatic carbocycles. The Morgan fingerprint density at radius 1 is 0.929 bits per heavy atom. The summed E-state index contributed by atoms with van der Waals surface area (Å²) in [6.45, 7) is 2.27. The van der Waals surface area contributed by atoms with Gasteiger partial charge in [-0.3, -0.25) is 0 Å². The molecule has 0 heterocycles. The Bertz CT molecular complexity index is 136. The molecule has 0 aliphatic heterocycles. The molecule has 0 bridgehead atoms. The number of unbranched alkanes of at least 4 members (excludes halogenated alkanes) is 5. The van der Waals surface area contributed by atoms with Crippen molar-refractivity contribution in [3.63, 3.8) is 0 Å². The molecule has 1 heteroatoms. The van der Waals surface area contributed by atoms with E-state index in [-0.39, 0.29) is 5.54 Å². The van der Waals surface area contributed by atoms with Crippen molar-refractivity contribution in [3.8, 4) is 0 Å². The van der Waals surface area contributed by atoms with E-state index in [1.165, 1.54) is 70.6 Å². The average molecular weight is 197 g/mol. The fourth-order valence-electron chi connectivity index (χ4n) is 2.59. The van der Waals surface area contributed by atoms with Gasteiger partial charge in [0.15, 0.2) is 0 Å². The van der Waals surface area contributed by atoms with E-state index in [2.05, 4.69) is 6.92 Å². The van der Waals surface area contributed by atoms with E-state index in [9.17, 15) is 0 Å². The first-order valence-electron chi connectivity index (χ1n) is 6.56. The second-order valence-corrected chi connectivity index (χ2v) is 5.09. The minimum absolute atomic E-state index is 0.241. The second kappa shape index (κ2) is 6.44. The molecule has 1 saturated carbocycles. The molecule has 2 N–H and O–H groups in total. The van der Waals surface area contributed by atoms with E-state index < -0.39 is 0 Å². The van der Waals surface area contributed by atoms with E-state index >= 15 is 0 Å². The van der Waals surface area contributed by atoms with E-state index in [1.807, 2.05) is 0 Å². The molecule has 84 valence electrons. The summed E-state index contributed by atoms with van der Waals surface area (Å²) in [6, 6.07) is 0. The lowest BCUT2D eigenvalue weighted by molar-refractivity contribution is 0.383. The Kier molecular flexibility index (Phi) is 5.54. The summed E-state index contributed by atoms with van der Waals surface area (Å²) in [4.78, 5) is 0. The van der Waals surface area contributed by atoms with Crippen LogP contribution in [-0.2, 0) is 0 Å². The molecule has 0 amide bonds. The van der Waals surface area contributed by atoms with Crippen LogP contribution in [0.4, 0.5) is 0 Å². The van der Waals surface area contributed by atoms with Crippen LogP contribution in [0.15, 0.2) is 0 Å². The van der Waals surface area contributed by atoms with Crippen LogP contribution in [0.3, 0.4) is 0 Å². The largest absolute Gasteiger partial charge is 0.325 e. The molecule has 0 spiro atoms. The zero-order valence-electron chi connectivity index (χ0n) is 9.86. The Morgan fingerprint density at radius 2 is 1.50 bits per heavy atom. The topological polar surface area (TPSA) is 26.0 Å². The summed E-state index contributed by atoms with van der Waals surface area (Å²) in [5.41, 5.74) is 6.54. The predicted octanol–water partition coefficient (Wildman–Crippen LogP) is 4.01. The highest BCUT2D eigenvalue weighted by atomic mass is 14.7. The van der Waals surface area contributed by atoms with Crippen LogP contribution in [-0.4, -0.2) is 5.54 Å². The van der Waals surface area contributed by atoms with Crippen molar-refractivity contribution in [2.24, 2.45) is 5.73 Å². The molecule has 1 aliphatic carbocycles. The van der Waals surface area contributed by atoms with Crippen molar-refractivity contribution in [1.82, 2.24) is 0 Å². The van der Waals surface area contributed by atoms with Gasteiger partial charge in [0.1, 0.15) is 0 Å². The maximum absolute atomic E-state index is 6.30. The second-order valence-electron chi connectivity index (χ2n) is 5.09. The van der Waals surface area contributed by atoms with Crippen molar-refractivity contribution in [2.45, 2.75) is 83.1 Å². The van der Waals surface area contributed by atoms with Gasteiger partial charge in [0.05, 0.1) is 0 Å². The molecule has 0 atom stereocenters. The molecule has 0 saturated heterocycles. The van der Waals surface area contributed by atoms with Crippen LogP contribution in [0.2, 0.25) is 0 Å². The summed E-state index contributed by atoms with van der Waals surface area (Å²) in [5.74, 6) is 0. The van der Waals surface area contributed by atoms with Crippen LogP contribution in [0, 0.1) is 0 Å². The zero-order chi connectivity index (χ0) is 10.3. The molecule has 14 heavy (non-hydrogen) atoms.